The van der Waals surface area contributed by atoms with Gasteiger partial charge >= 0.3 is 12.1 Å². The summed E-state index contributed by atoms with van der Waals surface area (Å²) < 4.78 is 86.9. The smallest absolute Gasteiger partial charge is 0.244 e. The molecule has 0 heterocycles. The van der Waals surface area contributed by atoms with Gasteiger partial charge in [0.25, 0.3) is 0 Å². The summed E-state index contributed by atoms with van der Waals surface area (Å²) in [5.41, 5.74) is -3.43. The molecule has 0 fully saturated rings. The topological polar surface area (TPSA) is 0 Å². The summed E-state index contributed by atoms with van der Waals surface area (Å²) in [6.45, 7) is -2.28. The van der Waals surface area contributed by atoms with Crippen LogP contribution in [0.2, 0.25) is 0 Å². The Morgan fingerprint density at radius 1 is 0.938 bits per heavy atom. The van der Waals surface area contributed by atoms with Crippen molar-refractivity contribution < 1.29 is 30.7 Å². The van der Waals surface area contributed by atoms with Gasteiger partial charge in [-0.2, -0.15) is 22.0 Å². The molecular formula is C9H5F7. The first-order valence-corrected chi connectivity index (χ1v) is 3.99. The summed E-state index contributed by atoms with van der Waals surface area (Å²) in [5.74, 6) is -5.59. The number of hydrogen-bond donors (Lipinski definition) is 0. The Kier molecular flexibility index (Phi) is 3.16. The minimum atomic E-state index is -5.16. The molecule has 0 unspecified atom stereocenters. The summed E-state index contributed by atoms with van der Waals surface area (Å²) in [4.78, 5) is 0. The number of alkyl halides is 6. The van der Waals surface area contributed by atoms with Crippen molar-refractivity contribution >= 4 is 0 Å². The summed E-state index contributed by atoms with van der Waals surface area (Å²) in [5, 5.41) is 0. The zero-order valence-corrected chi connectivity index (χ0v) is 7.58. The van der Waals surface area contributed by atoms with Crippen LogP contribution in [0.15, 0.2) is 18.2 Å². The van der Waals surface area contributed by atoms with Crippen LogP contribution in [0, 0.1) is 5.82 Å². The maximum absolute atomic E-state index is 12.8. The monoisotopic (exact) mass is 246 g/mol. The Balaban J connectivity index is 3.40. The van der Waals surface area contributed by atoms with Crippen LogP contribution in [-0.2, 0) is 12.1 Å². The fourth-order valence-electron chi connectivity index (χ4n) is 1.14. The molecule has 0 bridgehead atoms. The predicted octanol–water partition coefficient (Wildman–Crippen LogP) is 3.91. The second kappa shape index (κ2) is 3.95. The molecule has 1 rings (SSSR count). The fourth-order valence-corrected chi connectivity index (χ4v) is 1.14. The molecule has 0 saturated carbocycles. The summed E-state index contributed by atoms with van der Waals surface area (Å²) in [7, 11) is 0. The van der Waals surface area contributed by atoms with E-state index in [4.69, 9.17) is 0 Å². The van der Waals surface area contributed by atoms with Gasteiger partial charge in [-0.1, -0.05) is 0 Å². The molecule has 0 aromatic heterocycles. The van der Waals surface area contributed by atoms with Crippen molar-refractivity contribution in [3.8, 4) is 0 Å². The van der Waals surface area contributed by atoms with Crippen LogP contribution in [-0.4, -0.2) is 6.67 Å². The number of rotatable bonds is 2. The zero-order chi connectivity index (χ0) is 12.6. The molecule has 0 amide bonds. The lowest BCUT2D eigenvalue weighted by Gasteiger charge is -2.18. The molecule has 16 heavy (non-hydrogen) atoms. The van der Waals surface area contributed by atoms with Crippen molar-refractivity contribution in [2.24, 2.45) is 0 Å². The van der Waals surface area contributed by atoms with Gasteiger partial charge in [0.2, 0.25) is 0 Å². The molecule has 7 heteroatoms. The van der Waals surface area contributed by atoms with E-state index in [9.17, 15) is 30.7 Å². The van der Waals surface area contributed by atoms with Crippen LogP contribution in [0.1, 0.15) is 11.1 Å². The SMILES string of the molecule is FCC(F)(F)c1ccc(F)cc1C(F)(F)F. The normalized spacial score (nSPS) is 12.9. The van der Waals surface area contributed by atoms with Crippen molar-refractivity contribution in [1.29, 1.82) is 0 Å². The van der Waals surface area contributed by atoms with E-state index in [1.807, 2.05) is 0 Å². The lowest BCUT2D eigenvalue weighted by Crippen LogP contribution is -2.22. The first-order valence-electron chi connectivity index (χ1n) is 3.99. The molecule has 0 N–H and O–H groups in total. The van der Waals surface area contributed by atoms with E-state index in [-0.39, 0.29) is 12.1 Å². The lowest BCUT2D eigenvalue weighted by atomic mass is 10.0. The van der Waals surface area contributed by atoms with Crippen LogP contribution < -0.4 is 0 Å². The average molecular weight is 246 g/mol. The quantitative estimate of drug-likeness (QED) is 0.694. The van der Waals surface area contributed by atoms with Crippen LogP contribution in [0.5, 0.6) is 0 Å². The number of hydrogen-bond acceptors (Lipinski definition) is 0. The first-order chi connectivity index (χ1) is 7.18. The third-order valence-corrected chi connectivity index (χ3v) is 1.85. The maximum Gasteiger partial charge on any atom is 0.416 e. The largest absolute Gasteiger partial charge is 0.416 e. The Labute approximate surface area is 85.7 Å². The molecular weight excluding hydrogens is 241 g/mol. The van der Waals surface area contributed by atoms with E-state index in [1.165, 1.54) is 0 Å². The Morgan fingerprint density at radius 2 is 1.50 bits per heavy atom. The number of halogens is 7. The molecule has 1 aromatic carbocycles. The van der Waals surface area contributed by atoms with Crippen LogP contribution in [0.4, 0.5) is 30.7 Å². The van der Waals surface area contributed by atoms with E-state index < -0.39 is 35.7 Å². The minimum absolute atomic E-state index is 0.0844. The van der Waals surface area contributed by atoms with Crippen LogP contribution >= 0.6 is 0 Å². The molecule has 1 aromatic rings. The summed E-state index contributed by atoms with van der Waals surface area (Å²) in [6, 6.07) is 0.574. The zero-order valence-electron chi connectivity index (χ0n) is 7.58. The van der Waals surface area contributed by atoms with Crippen molar-refractivity contribution in [3.05, 3.63) is 35.1 Å². The van der Waals surface area contributed by atoms with Crippen molar-refractivity contribution in [3.63, 3.8) is 0 Å². The highest BCUT2D eigenvalue weighted by atomic mass is 19.4. The van der Waals surface area contributed by atoms with Gasteiger partial charge in [0.05, 0.1) is 5.56 Å². The molecule has 0 atom stereocenters. The molecule has 0 radical (unpaired) electrons. The van der Waals surface area contributed by atoms with Gasteiger partial charge < -0.3 is 0 Å². The highest BCUT2D eigenvalue weighted by Gasteiger charge is 2.43. The maximum atomic E-state index is 12.8. The van der Waals surface area contributed by atoms with Gasteiger partial charge in [0.1, 0.15) is 5.82 Å². The van der Waals surface area contributed by atoms with Gasteiger partial charge in [-0.3, -0.25) is 0 Å². The van der Waals surface area contributed by atoms with Gasteiger partial charge in [-0.25, -0.2) is 8.78 Å². The summed E-state index contributed by atoms with van der Waals surface area (Å²) >= 11 is 0. The standard InChI is InChI=1S/C9H5F7/c10-4-8(12,13)6-2-1-5(11)3-7(6)9(14,15)16/h1-3H,4H2. The average Bonchev–Trinajstić information content (AvgIpc) is 2.16. The molecule has 90 valence electrons. The number of benzene rings is 1. The van der Waals surface area contributed by atoms with Crippen LogP contribution in [0.25, 0.3) is 0 Å². The Hall–Kier alpha value is -1.27. The Morgan fingerprint density at radius 3 is 1.94 bits per heavy atom. The minimum Gasteiger partial charge on any atom is -0.244 e. The molecule has 0 spiro atoms. The predicted molar refractivity (Wildman–Crippen MR) is 41.3 cm³/mol. The molecule has 0 aliphatic rings. The highest BCUT2D eigenvalue weighted by molar-refractivity contribution is 5.34. The van der Waals surface area contributed by atoms with E-state index in [2.05, 4.69) is 0 Å². The summed E-state index contributed by atoms with van der Waals surface area (Å²) in [6.07, 6.45) is -5.16. The molecule has 0 aliphatic carbocycles. The molecule has 0 nitrogen and oxygen atoms in total. The molecule has 0 saturated heterocycles. The van der Waals surface area contributed by atoms with Gasteiger partial charge in [-0.15, -0.1) is 0 Å². The third kappa shape index (κ3) is 2.45. The second-order valence-electron chi connectivity index (χ2n) is 3.03. The van der Waals surface area contributed by atoms with Crippen molar-refractivity contribution in [1.82, 2.24) is 0 Å². The fraction of sp³-hybridized carbons (Fsp3) is 0.333. The molecule has 0 aliphatic heterocycles. The third-order valence-electron chi connectivity index (χ3n) is 1.85. The van der Waals surface area contributed by atoms with E-state index >= 15 is 0 Å². The van der Waals surface area contributed by atoms with Gasteiger partial charge in [0.15, 0.2) is 6.67 Å². The van der Waals surface area contributed by atoms with E-state index in [1.54, 1.807) is 0 Å². The van der Waals surface area contributed by atoms with Crippen LogP contribution in [0.3, 0.4) is 0 Å². The lowest BCUT2D eigenvalue weighted by molar-refractivity contribution is -0.142. The van der Waals surface area contributed by atoms with E-state index in [0.29, 0.717) is 6.07 Å². The van der Waals surface area contributed by atoms with Crippen molar-refractivity contribution in [2.45, 2.75) is 12.1 Å². The highest BCUT2D eigenvalue weighted by Crippen LogP contribution is 2.39. The van der Waals surface area contributed by atoms with Gasteiger partial charge in [-0.05, 0) is 18.2 Å². The first kappa shape index (κ1) is 12.8. The van der Waals surface area contributed by atoms with E-state index in [0.717, 1.165) is 0 Å². The Bertz CT molecular complexity index is 380. The van der Waals surface area contributed by atoms with Gasteiger partial charge in [0, 0.05) is 5.56 Å². The van der Waals surface area contributed by atoms with Crippen molar-refractivity contribution in [2.75, 3.05) is 6.67 Å². The second-order valence-corrected chi connectivity index (χ2v) is 3.03.